The number of carbonyl (C=O) groups excluding carboxylic acids is 2. The van der Waals surface area contributed by atoms with E-state index in [2.05, 4.69) is 15.3 Å². The van der Waals surface area contributed by atoms with Crippen molar-refractivity contribution < 1.29 is 14.3 Å². The number of esters is 1. The summed E-state index contributed by atoms with van der Waals surface area (Å²) in [5, 5.41) is 2.88. The van der Waals surface area contributed by atoms with Crippen molar-refractivity contribution in [3.63, 3.8) is 0 Å². The number of aryl methyl sites for hydroxylation is 1. The molecule has 2 aromatic carbocycles. The number of carbonyl (C=O) groups is 2. The molecule has 2 amide bonds. The molecule has 1 N–H and O–H groups in total. The van der Waals surface area contributed by atoms with E-state index in [0.717, 1.165) is 22.4 Å². The van der Waals surface area contributed by atoms with Gasteiger partial charge < -0.3 is 15.0 Å². The molecule has 0 spiro atoms. The smallest absolute Gasteiger partial charge is 0.321 e. The van der Waals surface area contributed by atoms with Gasteiger partial charge in [-0.05, 0) is 44.0 Å². The Morgan fingerprint density at radius 3 is 2.33 bits per heavy atom. The summed E-state index contributed by atoms with van der Waals surface area (Å²) in [7, 11) is 0. The van der Waals surface area contributed by atoms with Crippen molar-refractivity contribution in [3.8, 4) is 0 Å². The maximum Gasteiger partial charge on any atom is 0.321 e. The zero-order valence-corrected chi connectivity index (χ0v) is 16.9. The topological polar surface area (TPSA) is 84.4 Å². The Balaban J connectivity index is 1.28. The normalized spacial score (nSPS) is 14.5. The van der Waals surface area contributed by atoms with Crippen LogP contribution in [-0.2, 0) is 16.1 Å². The third kappa shape index (κ3) is 4.56. The second kappa shape index (κ2) is 8.90. The molecule has 0 unspecified atom stereocenters. The molecule has 4 rings (SSSR count). The number of aromatic nitrogens is 2. The van der Waals surface area contributed by atoms with Gasteiger partial charge in [0, 0.05) is 18.8 Å². The van der Waals surface area contributed by atoms with Gasteiger partial charge in [0.15, 0.2) is 0 Å². The van der Waals surface area contributed by atoms with Gasteiger partial charge in [-0.2, -0.15) is 0 Å². The van der Waals surface area contributed by atoms with Gasteiger partial charge in [-0.25, -0.2) is 14.8 Å². The Morgan fingerprint density at radius 2 is 1.63 bits per heavy atom. The number of benzene rings is 2. The van der Waals surface area contributed by atoms with Crippen LogP contribution in [0.2, 0.25) is 0 Å². The van der Waals surface area contributed by atoms with Crippen molar-refractivity contribution in [1.82, 2.24) is 14.9 Å². The van der Waals surface area contributed by atoms with E-state index in [-0.39, 0.29) is 24.5 Å². The van der Waals surface area contributed by atoms with Gasteiger partial charge in [-0.3, -0.25) is 4.79 Å². The highest BCUT2D eigenvalue weighted by atomic mass is 16.5. The van der Waals surface area contributed by atoms with Crippen LogP contribution >= 0.6 is 0 Å². The number of fused-ring (bicyclic) bond motifs is 1. The number of ether oxygens (including phenoxy) is 1. The van der Waals surface area contributed by atoms with Crippen molar-refractivity contribution in [1.29, 1.82) is 0 Å². The molecule has 7 nitrogen and oxygen atoms in total. The number of amides is 2. The Kier molecular flexibility index (Phi) is 5.88. The minimum Gasteiger partial charge on any atom is -0.459 e. The van der Waals surface area contributed by atoms with Crippen molar-refractivity contribution in [2.45, 2.75) is 26.4 Å². The van der Waals surface area contributed by atoms with Gasteiger partial charge in [-0.1, -0.05) is 30.3 Å². The number of hydrogen-bond donors (Lipinski definition) is 1. The number of hydrogen-bond acceptors (Lipinski definition) is 5. The average Bonchev–Trinajstić information content (AvgIpc) is 2.78. The van der Waals surface area contributed by atoms with Gasteiger partial charge in [0.25, 0.3) is 0 Å². The fraction of sp³-hybridized carbons (Fsp3) is 0.304. The van der Waals surface area contributed by atoms with E-state index in [1.807, 2.05) is 61.5 Å². The van der Waals surface area contributed by atoms with Crippen molar-refractivity contribution in [2.75, 3.05) is 18.4 Å². The molecule has 1 aliphatic heterocycles. The van der Waals surface area contributed by atoms with E-state index in [4.69, 9.17) is 4.74 Å². The number of likely N-dealkylation sites (tertiary alicyclic amines) is 1. The first-order valence-electron chi connectivity index (χ1n) is 10.1. The highest BCUT2D eigenvalue weighted by Gasteiger charge is 2.28. The Morgan fingerprint density at radius 1 is 1.00 bits per heavy atom. The molecule has 1 aromatic heterocycles. The predicted molar refractivity (Wildman–Crippen MR) is 114 cm³/mol. The van der Waals surface area contributed by atoms with Crippen LogP contribution < -0.4 is 5.32 Å². The van der Waals surface area contributed by atoms with Crippen LogP contribution in [0.1, 0.15) is 24.2 Å². The maximum absolute atomic E-state index is 12.5. The van der Waals surface area contributed by atoms with E-state index < -0.39 is 0 Å². The van der Waals surface area contributed by atoms with Crippen molar-refractivity contribution >= 4 is 28.7 Å². The molecular formula is C23H24N4O3. The largest absolute Gasteiger partial charge is 0.459 e. The second-order valence-electron chi connectivity index (χ2n) is 7.41. The Bertz CT molecular complexity index is 1050. The molecule has 1 fully saturated rings. The van der Waals surface area contributed by atoms with E-state index in [1.54, 1.807) is 4.90 Å². The van der Waals surface area contributed by atoms with E-state index in [9.17, 15) is 9.59 Å². The summed E-state index contributed by atoms with van der Waals surface area (Å²) in [5.74, 6) is -0.452. The van der Waals surface area contributed by atoms with Gasteiger partial charge in [0.1, 0.15) is 6.61 Å². The predicted octanol–water partition coefficient (Wildman–Crippen LogP) is 3.93. The number of rotatable bonds is 4. The summed E-state index contributed by atoms with van der Waals surface area (Å²) in [6.07, 6.45) is 1.17. The summed E-state index contributed by atoms with van der Waals surface area (Å²) in [4.78, 5) is 35.7. The Labute approximate surface area is 175 Å². The van der Waals surface area contributed by atoms with Gasteiger partial charge in [0.2, 0.25) is 0 Å². The molecule has 2 heterocycles. The molecule has 0 aliphatic carbocycles. The first-order chi connectivity index (χ1) is 14.6. The van der Waals surface area contributed by atoms with Crippen LogP contribution in [0.5, 0.6) is 0 Å². The van der Waals surface area contributed by atoms with Crippen LogP contribution in [0.3, 0.4) is 0 Å². The number of urea groups is 1. The number of anilines is 1. The minimum atomic E-state index is -0.243. The quantitative estimate of drug-likeness (QED) is 0.666. The average molecular weight is 404 g/mol. The fourth-order valence-electron chi connectivity index (χ4n) is 3.56. The summed E-state index contributed by atoms with van der Waals surface area (Å²) in [5.41, 5.74) is 3.80. The van der Waals surface area contributed by atoms with Crippen LogP contribution in [-0.4, -0.2) is 40.0 Å². The first-order valence-corrected chi connectivity index (χ1v) is 10.1. The molecule has 30 heavy (non-hydrogen) atoms. The third-order valence-corrected chi connectivity index (χ3v) is 5.33. The number of nitrogens with one attached hydrogen (secondary N) is 1. The highest BCUT2D eigenvalue weighted by Crippen LogP contribution is 2.21. The molecule has 0 atom stereocenters. The van der Waals surface area contributed by atoms with E-state index in [1.165, 1.54) is 0 Å². The molecule has 1 saturated heterocycles. The first kappa shape index (κ1) is 19.8. The molecule has 7 heteroatoms. The van der Waals surface area contributed by atoms with E-state index >= 15 is 0 Å². The highest BCUT2D eigenvalue weighted by molar-refractivity contribution is 5.89. The standard InChI is InChI=1S/C23H24N4O3/c1-16-21(26-20-10-6-5-9-19(20)24-16)15-30-22(28)17-11-13-27(14-12-17)23(29)25-18-7-3-2-4-8-18/h2-10,17H,11-15H2,1H3,(H,25,29). The summed E-state index contributed by atoms with van der Waals surface area (Å²) in [6.45, 7) is 3.02. The lowest BCUT2D eigenvalue weighted by Crippen LogP contribution is -2.42. The second-order valence-corrected chi connectivity index (χ2v) is 7.41. The van der Waals surface area contributed by atoms with Crippen LogP contribution in [0.15, 0.2) is 54.6 Å². The number of nitrogens with zero attached hydrogens (tertiary/aromatic N) is 3. The lowest BCUT2D eigenvalue weighted by atomic mass is 9.97. The molecule has 154 valence electrons. The zero-order valence-electron chi connectivity index (χ0n) is 16.9. The fourth-order valence-corrected chi connectivity index (χ4v) is 3.56. The van der Waals surface area contributed by atoms with Crippen molar-refractivity contribution in [2.24, 2.45) is 5.92 Å². The molecular weight excluding hydrogens is 380 g/mol. The van der Waals surface area contributed by atoms with E-state index in [0.29, 0.717) is 31.6 Å². The molecule has 0 bridgehead atoms. The van der Waals surface area contributed by atoms with Crippen molar-refractivity contribution in [3.05, 3.63) is 66.0 Å². The number of para-hydroxylation sites is 3. The third-order valence-electron chi connectivity index (χ3n) is 5.33. The van der Waals surface area contributed by atoms with Gasteiger partial charge in [0.05, 0.1) is 28.3 Å². The van der Waals surface area contributed by atoms with Gasteiger partial charge >= 0.3 is 12.0 Å². The SMILES string of the molecule is Cc1nc2ccccc2nc1COC(=O)C1CCN(C(=O)Nc2ccccc2)CC1. The molecule has 1 aliphatic rings. The Hall–Kier alpha value is -3.48. The van der Waals surface area contributed by atoms with Crippen LogP contribution in [0, 0.1) is 12.8 Å². The van der Waals surface area contributed by atoms with Gasteiger partial charge in [-0.15, -0.1) is 0 Å². The van der Waals surface area contributed by atoms with Crippen LogP contribution in [0.4, 0.5) is 10.5 Å². The summed E-state index contributed by atoms with van der Waals surface area (Å²) in [6, 6.07) is 16.8. The monoisotopic (exact) mass is 404 g/mol. The molecule has 3 aromatic rings. The number of piperidine rings is 1. The summed E-state index contributed by atoms with van der Waals surface area (Å²) < 4.78 is 5.53. The minimum absolute atomic E-state index is 0.108. The molecule has 0 saturated carbocycles. The zero-order chi connectivity index (χ0) is 20.9. The maximum atomic E-state index is 12.5. The lowest BCUT2D eigenvalue weighted by Gasteiger charge is -2.31. The molecule has 0 radical (unpaired) electrons. The van der Waals surface area contributed by atoms with Crippen LogP contribution in [0.25, 0.3) is 11.0 Å². The lowest BCUT2D eigenvalue weighted by molar-refractivity contribution is -0.151. The summed E-state index contributed by atoms with van der Waals surface area (Å²) >= 11 is 0.